The van der Waals surface area contributed by atoms with Gasteiger partial charge in [-0.3, -0.25) is 9.10 Å². The van der Waals surface area contributed by atoms with Gasteiger partial charge in [0.1, 0.15) is 0 Å². The van der Waals surface area contributed by atoms with E-state index in [4.69, 9.17) is 0 Å². The summed E-state index contributed by atoms with van der Waals surface area (Å²) >= 11 is 0. The molecule has 1 atom stereocenters. The third-order valence-electron chi connectivity index (χ3n) is 4.79. The van der Waals surface area contributed by atoms with Crippen LogP contribution < -0.4 is 9.62 Å². The summed E-state index contributed by atoms with van der Waals surface area (Å²) in [5.41, 5.74) is 2.65. The van der Waals surface area contributed by atoms with Gasteiger partial charge in [-0.05, 0) is 42.9 Å². The monoisotopic (exact) mass is 416 g/mol. The van der Waals surface area contributed by atoms with Crippen LogP contribution in [0.4, 0.5) is 5.69 Å². The van der Waals surface area contributed by atoms with Crippen molar-refractivity contribution in [2.75, 3.05) is 17.1 Å². The molecule has 6 heteroatoms. The fourth-order valence-electron chi connectivity index (χ4n) is 3.39. The molecule has 0 heterocycles. The molecule has 0 aliphatic rings. The van der Waals surface area contributed by atoms with E-state index in [1.165, 1.54) is 10.6 Å². The van der Waals surface area contributed by atoms with Gasteiger partial charge in [0.15, 0.2) is 0 Å². The number of sulfonamides is 1. The van der Waals surface area contributed by atoms with E-state index in [0.717, 1.165) is 17.5 Å². The molecule has 0 fully saturated rings. The number of para-hydroxylation sites is 1. The number of hydrogen-bond donors (Lipinski definition) is 1. The summed E-state index contributed by atoms with van der Waals surface area (Å²) in [5, 5.41) is 3.12. The zero-order valence-electron chi connectivity index (χ0n) is 17.8. The molecule has 0 aromatic heterocycles. The number of aryl methyl sites for hydroxylation is 1. The van der Waals surface area contributed by atoms with Crippen molar-refractivity contribution in [1.82, 2.24) is 5.32 Å². The second-order valence-electron chi connectivity index (χ2n) is 7.89. The Labute approximate surface area is 175 Å². The number of rotatable bonds is 10. The van der Waals surface area contributed by atoms with Crippen molar-refractivity contribution in [1.29, 1.82) is 0 Å². The summed E-state index contributed by atoms with van der Waals surface area (Å²) in [6, 6.07) is 17.3. The number of carbonyl (C=O) groups is 1. The van der Waals surface area contributed by atoms with Gasteiger partial charge in [-0.25, -0.2) is 8.42 Å². The predicted molar refractivity (Wildman–Crippen MR) is 119 cm³/mol. The molecule has 0 unspecified atom stereocenters. The first-order valence-electron chi connectivity index (χ1n) is 10.1. The summed E-state index contributed by atoms with van der Waals surface area (Å²) in [6.07, 6.45) is 2.79. The number of amides is 1. The van der Waals surface area contributed by atoms with Crippen LogP contribution in [0, 0.1) is 12.8 Å². The number of benzene rings is 2. The SMILES string of the molecule is Cc1ccccc1N(CCCC(=O)N[C@@H](CC(C)C)c1ccccc1)S(C)(=O)=O. The third-order valence-corrected chi connectivity index (χ3v) is 5.97. The second kappa shape index (κ2) is 10.4. The highest BCUT2D eigenvalue weighted by atomic mass is 32.2. The Bertz CT molecular complexity index is 895. The highest BCUT2D eigenvalue weighted by Crippen LogP contribution is 2.23. The van der Waals surface area contributed by atoms with Crippen LogP contribution in [0.15, 0.2) is 54.6 Å². The quantitative estimate of drug-likeness (QED) is 0.622. The Morgan fingerprint density at radius 3 is 2.24 bits per heavy atom. The van der Waals surface area contributed by atoms with Gasteiger partial charge in [-0.2, -0.15) is 0 Å². The molecule has 1 N–H and O–H groups in total. The molecule has 2 aromatic rings. The maximum absolute atomic E-state index is 12.6. The molecule has 5 nitrogen and oxygen atoms in total. The van der Waals surface area contributed by atoms with Crippen molar-refractivity contribution in [3.63, 3.8) is 0 Å². The van der Waals surface area contributed by atoms with Gasteiger partial charge < -0.3 is 5.32 Å². The number of anilines is 1. The minimum Gasteiger partial charge on any atom is -0.349 e. The Morgan fingerprint density at radius 1 is 1.03 bits per heavy atom. The van der Waals surface area contributed by atoms with Crippen LogP contribution in [0.1, 0.15) is 50.3 Å². The zero-order valence-corrected chi connectivity index (χ0v) is 18.6. The molecular weight excluding hydrogens is 384 g/mol. The van der Waals surface area contributed by atoms with Crippen LogP contribution in [-0.4, -0.2) is 27.1 Å². The zero-order chi connectivity index (χ0) is 21.4. The van der Waals surface area contributed by atoms with Crippen LogP contribution in [-0.2, 0) is 14.8 Å². The average Bonchev–Trinajstić information content (AvgIpc) is 2.65. The maximum Gasteiger partial charge on any atom is 0.232 e. The molecule has 158 valence electrons. The van der Waals surface area contributed by atoms with Gasteiger partial charge in [0.25, 0.3) is 0 Å². The Morgan fingerprint density at radius 2 is 1.66 bits per heavy atom. The summed E-state index contributed by atoms with van der Waals surface area (Å²) in [5.74, 6) is 0.389. The topological polar surface area (TPSA) is 66.5 Å². The molecule has 0 aliphatic carbocycles. The molecular formula is C23H32N2O3S. The van der Waals surface area contributed by atoms with Crippen molar-refractivity contribution in [3.05, 3.63) is 65.7 Å². The molecule has 0 saturated carbocycles. The lowest BCUT2D eigenvalue weighted by atomic mass is 9.97. The lowest BCUT2D eigenvalue weighted by molar-refractivity contribution is -0.122. The lowest BCUT2D eigenvalue weighted by Crippen LogP contribution is -2.33. The van der Waals surface area contributed by atoms with E-state index in [1.807, 2.05) is 55.5 Å². The molecule has 29 heavy (non-hydrogen) atoms. The summed E-state index contributed by atoms with van der Waals surface area (Å²) in [6.45, 7) is 6.43. The van der Waals surface area contributed by atoms with E-state index in [-0.39, 0.29) is 24.9 Å². The Balaban J connectivity index is 2.00. The Kier molecular flexibility index (Phi) is 8.26. The lowest BCUT2D eigenvalue weighted by Gasteiger charge is -2.24. The van der Waals surface area contributed by atoms with E-state index < -0.39 is 10.0 Å². The van der Waals surface area contributed by atoms with Crippen LogP contribution in [0.3, 0.4) is 0 Å². The van der Waals surface area contributed by atoms with Gasteiger partial charge in [0.2, 0.25) is 15.9 Å². The molecule has 0 saturated heterocycles. The van der Waals surface area contributed by atoms with E-state index in [9.17, 15) is 13.2 Å². The molecule has 0 bridgehead atoms. The average molecular weight is 417 g/mol. The molecule has 0 spiro atoms. The molecule has 0 aliphatic heterocycles. The molecule has 0 radical (unpaired) electrons. The smallest absolute Gasteiger partial charge is 0.232 e. The molecule has 1 amide bonds. The summed E-state index contributed by atoms with van der Waals surface area (Å²) < 4.78 is 25.9. The molecule has 2 rings (SSSR count). The van der Waals surface area contributed by atoms with Crippen molar-refractivity contribution < 1.29 is 13.2 Å². The summed E-state index contributed by atoms with van der Waals surface area (Å²) in [4.78, 5) is 12.6. The van der Waals surface area contributed by atoms with E-state index in [1.54, 1.807) is 6.07 Å². The van der Waals surface area contributed by atoms with Gasteiger partial charge in [-0.15, -0.1) is 0 Å². The van der Waals surface area contributed by atoms with Crippen LogP contribution in [0.25, 0.3) is 0 Å². The number of hydrogen-bond acceptors (Lipinski definition) is 3. The van der Waals surface area contributed by atoms with Gasteiger partial charge in [-0.1, -0.05) is 62.4 Å². The van der Waals surface area contributed by atoms with Gasteiger partial charge >= 0.3 is 0 Å². The van der Waals surface area contributed by atoms with Crippen molar-refractivity contribution in [3.8, 4) is 0 Å². The van der Waals surface area contributed by atoms with Crippen molar-refractivity contribution >= 4 is 21.6 Å². The molecule has 2 aromatic carbocycles. The fraction of sp³-hybridized carbons (Fsp3) is 0.435. The number of nitrogens with zero attached hydrogens (tertiary/aromatic N) is 1. The van der Waals surface area contributed by atoms with Crippen molar-refractivity contribution in [2.24, 2.45) is 5.92 Å². The van der Waals surface area contributed by atoms with Crippen LogP contribution >= 0.6 is 0 Å². The minimum atomic E-state index is -3.42. The normalized spacial score (nSPS) is 12.6. The van der Waals surface area contributed by atoms with Crippen LogP contribution in [0.2, 0.25) is 0 Å². The van der Waals surface area contributed by atoms with Crippen LogP contribution in [0.5, 0.6) is 0 Å². The second-order valence-corrected chi connectivity index (χ2v) is 9.79. The minimum absolute atomic E-state index is 0.0360. The first-order valence-corrected chi connectivity index (χ1v) is 11.9. The maximum atomic E-state index is 12.6. The number of carbonyl (C=O) groups excluding carboxylic acids is 1. The van der Waals surface area contributed by atoms with E-state index in [0.29, 0.717) is 18.0 Å². The van der Waals surface area contributed by atoms with Gasteiger partial charge in [0, 0.05) is 13.0 Å². The van der Waals surface area contributed by atoms with Crippen molar-refractivity contribution in [2.45, 2.75) is 46.1 Å². The predicted octanol–water partition coefficient (Wildman–Crippen LogP) is 4.44. The van der Waals surface area contributed by atoms with E-state index in [2.05, 4.69) is 19.2 Å². The fourth-order valence-corrected chi connectivity index (χ4v) is 4.42. The number of nitrogens with one attached hydrogen (secondary N) is 1. The largest absolute Gasteiger partial charge is 0.349 e. The summed E-state index contributed by atoms with van der Waals surface area (Å²) in [7, 11) is -3.42. The van der Waals surface area contributed by atoms with E-state index >= 15 is 0 Å². The highest BCUT2D eigenvalue weighted by molar-refractivity contribution is 7.92. The first kappa shape index (κ1) is 22.9. The van der Waals surface area contributed by atoms with Gasteiger partial charge in [0.05, 0.1) is 18.0 Å². The standard InChI is InChI=1S/C23H32N2O3S/c1-18(2)17-21(20-12-6-5-7-13-20)24-23(26)15-10-16-25(29(4,27)28)22-14-9-8-11-19(22)3/h5-9,11-14,18,21H,10,15-17H2,1-4H3,(H,24,26)/t21-/m0/s1. The third kappa shape index (κ3) is 7.20. The first-order chi connectivity index (χ1) is 13.7. The Hall–Kier alpha value is -2.34. The highest BCUT2D eigenvalue weighted by Gasteiger charge is 2.20.